The largest absolute Gasteiger partial charge is 0.507 e. The Morgan fingerprint density at radius 2 is 1.92 bits per heavy atom. The molecule has 0 bridgehead atoms. The van der Waals surface area contributed by atoms with Gasteiger partial charge < -0.3 is 24.6 Å². The third-order valence-corrected chi connectivity index (χ3v) is 6.69. The Balaban J connectivity index is 1.71. The molecule has 2 aliphatic rings. The van der Waals surface area contributed by atoms with Crippen molar-refractivity contribution in [3.63, 3.8) is 0 Å². The molecule has 1 fully saturated rings. The highest BCUT2D eigenvalue weighted by atomic mass is 35.5. The molecule has 1 unspecified atom stereocenters. The smallest absolute Gasteiger partial charge is 0.300 e. The Bertz CT molecular complexity index is 1420. The van der Waals surface area contributed by atoms with Crippen LogP contribution in [-0.2, 0) is 9.59 Å². The number of ketones is 1. The van der Waals surface area contributed by atoms with Gasteiger partial charge in [0.1, 0.15) is 29.6 Å². The molecule has 0 spiro atoms. The number of likely N-dealkylation sites (N-methyl/N-ethyl adjacent to an activating group) is 1. The molecule has 0 aliphatic carbocycles. The fraction of sp³-hybridized carbons (Fsp3) is 0.185. The van der Waals surface area contributed by atoms with E-state index in [9.17, 15) is 19.8 Å². The van der Waals surface area contributed by atoms with Gasteiger partial charge in [-0.15, -0.1) is 0 Å². The number of hydrogen-bond acceptors (Lipinski definition) is 7. The topological polar surface area (TPSA) is 99.5 Å². The van der Waals surface area contributed by atoms with Crippen molar-refractivity contribution in [2.75, 3.05) is 37.1 Å². The fourth-order valence-corrected chi connectivity index (χ4v) is 4.71. The van der Waals surface area contributed by atoms with Gasteiger partial charge in [0.2, 0.25) is 0 Å². The van der Waals surface area contributed by atoms with E-state index < -0.39 is 17.7 Å². The lowest BCUT2D eigenvalue weighted by molar-refractivity contribution is -0.132. The van der Waals surface area contributed by atoms with Crippen molar-refractivity contribution < 1.29 is 29.3 Å². The number of Topliss-reactive ketones (excluding diaryl/α,β-unsaturated/α-hetero) is 1. The first-order valence-electron chi connectivity index (χ1n) is 11.2. The molecule has 2 aliphatic heterocycles. The quantitative estimate of drug-likeness (QED) is 0.305. The monoisotopic (exact) mass is 506 g/mol. The van der Waals surface area contributed by atoms with Gasteiger partial charge in [-0.2, -0.15) is 0 Å². The Hall–Kier alpha value is -4.17. The molecule has 9 heteroatoms. The summed E-state index contributed by atoms with van der Waals surface area (Å²) in [6.45, 7) is 1.21. The minimum Gasteiger partial charge on any atom is -0.507 e. The number of amides is 1. The normalized spacial score (nSPS) is 18.7. The number of aromatic hydroxyl groups is 1. The third kappa shape index (κ3) is 3.89. The number of fused-ring (bicyclic) bond motifs is 1. The number of methoxy groups -OCH3 is 1. The number of nitrogens with zero attached hydrogens (tertiary/aromatic N) is 2. The molecule has 184 valence electrons. The lowest BCUT2D eigenvalue weighted by atomic mass is 9.94. The van der Waals surface area contributed by atoms with Crippen LogP contribution in [0.5, 0.6) is 17.2 Å². The van der Waals surface area contributed by atoms with Gasteiger partial charge >= 0.3 is 0 Å². The summed E-state index contributed by atoms with van der Waals surface area (Å²) in [6.07, 6.45) is 0. The second-order valence-corrected chi connectivity index (χ2v) is 8.94. The highest BCUT2D eigenvalue weighted by Gasteiger charge is 2.47. The highest BCUT2D eigenvalue weighted by Crippen LogP contribution is 2.45. The van der Waals surface area contributed by atoms with Crippen LogP contribution in [0.2, 0.25) is 5.02 Å². The maximum atomic E-state index is 13.4. The van der Waals surface area contributed by atoms with Crippen molar-refractivity contribution in [3.8, 4) is 17.2 Å². The number of anilines is 2. The Morgan fingerprint density at radius 1 is 1.11 bits per heavy atom. The third-order valence-electron chi connectivity index (χ3n) is 6.39. The van der Waals surface area contributed by atoms with E-state index in [0.29, 0.717) is 41.5 Å². The number of carbonyl (C=O) groups is 2. The predicted octanol–water partition coefficient (Wildman–Crippen LogP) is 4.51. The van der Waals surface area contributed by atoms with Crippen LogP contribution in [-0.4, -0.2) is 49.2 Å². The number of phenolic OH excluding ortho intramolecular Hbond substituents is 1. The summed E-state index contributed by atoms with van der Waals surface area (Å²) in [5.74, 6) is -0.955. The molecule has 0 saturated carbocycles. The van der Waals surface area contributed by atoms with Gasteiger partial charge in [0.15, 0.2) is 0 Å². The number of ether oxygens (including phenoxy) is 2. The number of benzene rings is 3. The summed E-state index contributed by atoms with van der Waals surface area (Å²) in [5, 5.41) is 21.4. The van der Waals surface area contributed by atoms with Crippen LogP contribution in [0.15, 0.2) is 66.2 Å². The fourth-order valence-electron chi connectivity index (χ4n) is 4.52. The van der Waals surface area contributed by atoms with Gasteiger partial charge in [0.05, 0.1) is 36.0 Å². The zero-order valence-corrected chi connectivity index (χ0v) is 20.3. The van der Waals surface area contributed by atoms with Gasteiger partial charge in [-0.3, -0.25) is 14.5 Å². The molecule has 2 heterocycles. The van der Waals surface area contributed by atoms with Crippen molar-refractivity contribution >= 4 is 40.4 Å². The Labute approximate surface area is 212 Å². The van der Waals surface area contributed by atoms with Crippen molar-refractivity contribution in [2.45, 2.75) is 6.04 Å². The molecule has 5 rings (SSSR count). The van der Waals surface area contributed by atoms with Crippen LogP contribution in [0.1, 0.15) is 17.2 Å². The summed E-state index contributed by atoms with van der Waals surface area (Å²) in [7, 11) is 3.41. The van der Waals surface area contributed by atoms with E-state index in [1.54, 1.807) is 48.5 Å². The molecule has 0 radical (unpaired) electrons. The second-order valence-electron chi connectivity index (χ2n) is 8.53. The van der Waals surface area contributed by atoms with Crippen molar-refractivity contribution in [2.24, 2.45) is 0 Å². The molecule has 1 amide bonds. The number of phenols is 1. The second kappa shape index (κ2) is 9.13. The molecule has 1 atom stereocenters. The van der Waals surface area contributed by atoms with Gasteiger partial charge in [-0.25, -0.2) is 0 Å². The van der Waals surface area contributed by atoms with Gasteiger partial charge in [-0.05, 0) is 48.0 Å². The maximum absolute atomic E-state index is 13.4. The summed E-state index contributed by atoms with van der Waals surface area (Å²) in [6, 6.07) is 15.2. The first kappa shape index (κ1) is 23.6. The van der Waals surface area contributed by atoms with Gasteiger partial charge in [0.25, 0.3) is 11.7 Å². The lowest BCUT2D eigenvalue weighted by Crippen LogP contribution is -2.29. The molecule has 2 N–H and O–H groups in total. The standard InChI is InChI=1S/C27H23ClN2O6/c1-29-10-11-36-22-9-7-16(13-20(22)29)25(32)23-24(15-6-8-21(31)19(28)12-15)30(27(34)26(23)33)17-4-3-5-18(14-17)35-2/h3-9,12-14,24,31-32H,10-11H2,1-2H3/b25-23-. The van der Waals surface area contributed by atoms with E-state index in [-0.39, 0.29) is 22.1 Å². The maximum Gasteiger partial charge on any atom is 0.300 e. The molecule has 3 aromatic rings. The minimum atomic E-state index is -1.000. The Morgan fingerprint density at radius 3 is 2.67 bits per heavy atom. The number of rotatable bonds is 4. The average Bonchev–Trinajstić information content (AvgIpc) is 3.15. The number of aliphatic hydroxyl groups excluding tert-OH is 1. The van der Waals surface area contributed by atoms with Crippen LogP contribution in [0, 0.1) is 0 Å². The van der Waals surface area contributed by atoms with Crippen molar-refractivity contribution in [1.29, 1.82) is 0 Å². The average molecular weight is 507 g/mol. The molecular weight excluding hydrogens is 484 g/mol. The summed E-state index contributed by atoms with van der Waals surface area (Å²) in [4.78, 5) is 30.0. The van der Waals surface area contributed by atoms with Crippen LogP contribution in [0.25, 0.3) is 5.76 Å². The van der Waals surface area contributed by atoms with Crippen molar-refractivity contribution in [3.05, 3.63) is 82.4 Å². The SMILES string of the molecule is COc1cccc(N2C(=O)C(=O)/C(=C(\O)c3ccc4c(c3)N(C)CCO4)C2c2ccc(O)c(Cl)c2)c1. The van der Waals surface area contributed by atoms with Crippen LogP contribution in [0.3, 0.4) is 0 Å². The molecule has 8 nitrogen and oxygen atoms in total. The van der Waals surface area contributed by atoms with E-state index in [2.05, 4.69) is 0 Å². The first-order chi connectivity index (χ1) is 17.3. The summed E-state index contributed by atoms with van der Waals surface area (Å²) in [5.41, 5.74) is 1.88. The molecule has 1 saturated heterocycles. The Kier molecular flexibility index (Phi) is 5.97. The summed E-state index contributed by atoms with van der Waals surface area (Å²) < 4.78 is 11.0. The van der Waals surface area contributed by atoms with E-state index in [4.69, 9.17) is 21.1 Å². The molecule has 3 aromatic carbocycles. The van der Waals surface area contributed by atoms with E-state index >= 15 is 0 Å². The van der Waals surface area contributed by atoms with Gasteiger partial charge in [-0.1, -0.05) is 23.7 Å². The van der Waals surface area contributed by atoms with Crippen LogP contribution >= 0.6 is 11.6 Å². The molecular formula is C27H23ClN2O6. The minimum absolute atomic E-state index is 0.0521. The van der Waals surface area contributed by atoms with Crippen molar-refractivity contribution in [1.82, 2.24) is 0 Å². The first-order valence-corrected chi connectivity index (χ1v) is 11.6. The van der Waals surface area contributed by atoms with Crippen LogP contribution < -0.4 is 19.3 Å². The lowest BCUT2D eigenvalue weighted by Gasteiger charge is -2.28. The summed E-state index contributed by atoms with van der Waals surface area (Å²) >= 11 is 6.19. The molecule has 0 aromatic heterocycles. The number of halogens is 1. The van der Waals surface area contributed by atoms with E-state index in [0.717, 1.165) is 5.69 Å². The van der Waals surface area contributed by atoms with Gasteiger partial charge in [0, 0.05) is 24.4 Å². The molecule has 36 heavy (non-hydrogen) atoms. The van der Waals surface area contributed by atoms with Crippen LogP contribution in [0.4, 0.5) is 11.4 Å². The predicted molar refractivity (Wildman–Crippen MR) is 136 cm³/mol. The number of aliphatic hydroxyl groups is 1. The number of carbonyl (C=O) groups excluding carboxylic acids is 2. The van der Waals surface area contributed by atoms with E-state index in [1.807, 2.05) is 11.9 Å². The number of hydrogen-bond donors (Lipinski definition) is 2. The highest BCUT2D eigenvalue weighted by molar-refractivity contribution is 6.51. The zero-order chi connectivity index (χ0) is 25.6. The zero-order valence-electron chi connectivity index (χ0n) is 19.6. The van der Waals surface area contributed by atoms with E-state index in [1.165, 1.54) is 24.1 Å².